The van der Waals surface area contributed by atoms with Crippen LogP contribution in [0.2, 0.25) is 5.02 Å². The van der Waals surface area contributed by atoms with Crippen molar-refractivity contribution in [3.63, 3.8) is 0 Å². The summed E-state index contributed by atoms with van der Waals surface area (Å²) in [6.07, 6.45) is 1.79. The van der Waals surface area contributed by atoms with Crippen LogP contribution in [0.15, 0.2) is 54.7 Å². The molecule has 2 aromatic carbocycles. The number of rotatable bonds is 5. The third kappa shape index (κ3) is 3.31. The Morgan fingerprint density at radius 2 is 1.78 bits per heavy atom. The van der Waals surface area contributed by atoms with Crippen LogP contribution in [-0.2, 0) is 0 Å². The van der Waals surface area contributed by atoms with Gasteiger partial charge in [-0.1, -0.05) is 41.9 Å². The first kappa shape index (κ1) is 15.8. The summed E-state index contributed by atoms with van der Waals surface area (Å²) in [5.74, 6) is 0.0864. The highest BCUT2D eigenvalue weighted by atomic mass is 35.5. The molecule has 3 rings (SSSR count). The van der Waals surface area contributed by atoms with Gasteiger partial charge in [0, 0.05) is 33.7 Å². The van der Waals surface area contributed by atoms with Gasteiger partial charge < -0.3 is 10.3 Å². The number of ketones is 1. The molecule has 1 heterocycles. The molecule has 0 fully saturated rings. The molecule has 23 heavy (non-hydrogen) atoms. The lowest BCUT2D eigenvalue weighted by Gasteiger charge is -2.19. The van der Waals surface area contributed by atoms with Gasteiger partial charge in [0.25, 0.3) is 0 Å². The van der Waals surface area contributed by atoms with Crippen molar-refractivity contribution in [2.45, 2.75) is 25.9 Å². The van der Waals surface area contributed by atoms with E-state index in [1.807, 2.05) is 62.4 Å². The van der Waals surface area contributed by atoms with Gasteiger partial charge in [-0.2, -0.15) is 0 Å². The van der Waals surface area contributed by atoms with Crippen molar-refractivity contribution in [1.82, 2.24) is 10.3 Å². The minimum Gasteiger partial charge on any atom is -0.360 e. The molecule has 0 radical (unpaired) electrons. The molecular weight excluding hydrogens is 308 g/mol. The number of aromatic amines is 1. The van der Waals surface area contributed by atoms with Gasteiger partial charge in [0.05, 0.1) is 6.04 Å². The summed E-state index contributed by atoms with van der Waals surface area (Å²) in [5, 5.41) is 5.04. The molecule has 3 aromatic rings. The molecule has 1 aromatic heterocycles. The van der Waals surface area contributed by atoms with Crippen LogP contribution < -0.4 is 5.32 Å². The summed E-state index contributed by atoms with van der Waals surface area (Å²) >= 11 is 5.92. The number of nitrogens with one attached hydrogen (secondary N) is 2. The first-order chi connectivity index (χ1) is 11.1. The van der Waals surface area contributed by atoms with Gasteiger partial charge in [-0.25, -0.2) is 0 Å². The van der Waals surface area contributed by atoms with Crippen molar-refractivity contribution >= 4 is 28.3 Å². The standard InChI is InChI=1S/C19H19ClN2O/c1-12(14-7-9-15(20)10-8-14)22-13(2)19(23)17-11-21-18-6-4-3-5-16(17)18/h3-13,21-22H,1-2H3/t12-,13-/m1/s1. The van der Waals surface area contributed by atoms with E-state index < -0.39 is 0 Å². The third-order valence-corrected chi connectivity index (χ3v) is 4.37. The van der Waals surface area contributed by atoms with E-state index in [1.54, 1.807) is 6.20 Å². The molecule has 0 bridgehead atoms. The molecule has 0 aliphatic carbocycles. The molecule has 0 amide bonds. The van der Waals surface area contributed by atoms with E-state index in [1.165, 1.54) is 0 Å². The molecule has 2 N–H and O–H groups in total. The van der Waals surface area contributed by atoms with Gasteiger partial charge in [0.1, 0.15) is 0 Å². The summed E-state index contributed by atoms with van der Waals surface area (Å²) < 4.78 is 0. The zero-order valence-corrected chi connectivity index (χ0v) is 13.9. The Labute approximate surface area is 140 Å². The number of carbonyl (C=O) groups is 1. The summed E-state index contributed by atoms with van der Waals surface area (Å²) in [4.78, 5) is 15.9. The van der Waals surface area contributed by atoms with Gasteiger partial charge in [-0.3, -0.25) is 4.79 Å². The Bertz CT molecular complexity index is 823. The van der Waals surface area contributed by atoms with Gasteiger partial charge in [0.15, 0.2) is 5.78 Å². The predicted molar refractivity (Wildman–Crippen MR) is 95.1 cm³/mol. The zero-order chi connectivity index (χ0) is 16.4. The second kappa shape index (κ2) is 6.57. The van der Waals surface area contributed by atoms with E-state index in [0.29, 0.717) is 5.02 Å². The average molecular weight is 327 g/mol. The Hall–Kier alpha value is -2.10. The largest absolute Gasteiger partial charge is 0.360 e. The molecule has 0 aliphatic heterocycles. The van der Waals surface area contributed by atoms with E-state index in [4.69, 9.17) is 11.6 Å². The lowest BCUT2D eigenvalue weighted by Crippen LogP contribution is -2.35. The summed E-state index contributed by atoms with van der Waals surface area (Å²) in [6, 6.07) is 15.3. The molecule has 3 nitrogen and oxygen atoms in total. The number of hydrogen-bond acceptors (Lipinski definition) is 2. The van der Waals surface area contributed by atoms with Crippen LogP contribution in [-0.4, -0.2) is 16.8 Å². The van der Waals surface area contributed by atoms with Gasteiger partial charge in [-0.15, -0.1) is 0 Å². The molecule has 0 saturated carbocycles. The zero-order valence-electron chi connectivity index (χ0n) is 13.1. The fraction of sp³-hybridized carbons (Fsp3) is 0.211. The van der Waals surface area contributed by atoms with Crippen molar-refractivity contribution in [1.29, 1.82) is 0 Å². The number of H-pyrrole nitrogens is 1. The molecule has 2 atom stereocenters. The summed E-state index contributed by atoms with van der Waals surface area (Å²) in [7, 11) is 0. The van der Waals surface area contributed by atoms with Crippen LogP contribution >= 0.6 is 11.6 Å². The molecule has 0 saturated heterocycles. The number of Topliss-reactive ketones (excluding diaryl/α,β-unsaturated/α-hetero) is 1. The quantitative estimate of drug-likeness (QED) is 0.665. The van der Waals surface area contributed by atoms with Gasteiger partial charge in [-0.05, 0) is 37.6 Å². The number of fused-ring (bicyclic) bond motifs is 1. The number of para-hydroxylation sites is 1. The topological polar surface area (TPSA) is 44.9 Å². The first-order valence-electron chi connectivity index (χ1n) is 7.68. The van der Waals surface area contributed by atoms with Crippen molar-refractivity contribution < 1.29 is 4.79 Å². The molecule has 0 unspecified atom stereocenters. The fourth-order valence-electron chi connectivity index (χ4n) is 2.81. The van der Waals surface area contributed by atoms with Crippen molar-refractivity contribution in [3.8, 4) is 0 Å². The monoisotopic (exact) mass is 326 g/mol. The van der Waals surface area contributed by atoms with E-state index in [2.05, 4.69) is 10.3 Å². The molecule has 4 heteroatoms. The minimum absolute atomic E-state index is 0.0661. The van der Waals surface area contributed by atoms with Crippen LogP contribution in [0.25, 0.3) is 10.9 Å². The molecule has 0 aliphatic rings. The van der Waals surface area contributed by atoms with Gasteiger partial charge in [0.2, 0.25) is 0 Å². The van der Waals surface area contributed by atoms with Crippen LogP contribution in [0.1, 0.15) is 35.8 Å². The van der Waals surface area contributed by atoms with Crippen LogP contribution in [0.3, 0.4) is 0 Å². The Morgan fingerprint density at radius 3 is 2.52 bits per heavy atom. The van der Waals surface area contributed by atoms with Crippen molar-refractivity contribution in [2.24, 2.45) is 0 Å². The Morgan fingerprint density at radius 1 is 1.09 bits per heavy atom. The maximum Gasteiger partial charge on any atom is 0.181 e. The summed E-state index contributed by atoms with van der Waals surface area (Å²) in [5.41, 5.74) is 2.81. The summed E-state index contributed by atoms with van der Waals surface area (Å²) in [6.45, 7) is 3.94. The number of halogens is 1. The molecule has 0 spiro atoms. The lowest BCUT2D eigenvalue weighted by molar-refractivity contribution is 0.0947. The number of hydrogen-bond donors (Lipinski definition) is 2. The fourth-order valence-corrected chi connectivity index (χ4v) is 2.93. The van der Waals surface area contributed by atoms with E-state index in [9.17, 15) is 4.79 Å². The average Bonchev–Trinajstić information content (AvgIpc) is 2.98. The van der Waals surface area contributed by atoms with Crippen LogP contribution in [0.4, 0.5) is 0 Å². The lowest BCUT2D eigenvalue weighted by atomic mass is 10.0. The first-order valence-corrected chi connectivity index (χ1v) is 8.06. The van der Waals surface area contributed by atoms with E-state index >= 15 is 0 Å². The maximum atomic E-state index is 12.7. The molecular formula is C19H19ClN2O. The van der Waals surface area contributed by atoms with Crippen LogP contribution in [0.5, 0.6) is 0 Å². The van der Waals surface area contributed by atoms with Gasteiger partial charge >= 0.3 is 0 Å². The van der Waals surface area contributed by atoms with Crippen molar-refractivity contribution in [3.05, 3.63) is 70.9 Å². The van der Waals surface area contributed by atoms with E-state index in [-0.39, 0.29) is 17.9 Å². The Balaban J connectivity index is 1.76. The second-order valence-electron chi connectivity index (χ2n) is 5.77. The predicted octanol–water partition coefficient (Wildman–Crippen LogP) is 4.74. The molecule has 118 valence electrons. The normalized spacial score (nSPS) is 13.9. The number of benzene rings is 2. The Kier molecular flexibility index (Phi) is 4.51. The second-order valence-corrected chi connectivity index (χ2v) is 6.21. The van der Waals surface area contributed by atoms with E-state index in [0.717, 1.165) is 22.0 Å². The minimum atomic E-state index is -0.278. The number of aromatic nitrogens is 1. The highest BCUT2D eigenvalue weighted by Gasteiger charge is 2.20. The highest BCUT2D eigenvalue weighted by molar-refractivity contribution is 6.30. The van der Waals surface area contributed by atoms with Crippen molar-refractivity contribution in [2.75, 3.05) is 0 Å². The highest BCUT2D eigenvalue weighted by Crippen LogP contribution is 2.21. The smallest absolute Gasteiger partial charge is 0.181 e. The number of carbonyl (C=O) groups excluding carboxylic acids is 1. The third-order valence-electron chi connectivity index (χ3n) is 4.12. The van der Waals surface area contributed by atoms with Crippen LogP contribution in [0, 0.1) is 0 Å². The SMILES string of the molecule is C[C@@H](N[C@H](C)c1ccc(Cl)cc1)C(=O)c1c[nH]c2ccccc12. The maximum absolute atomic E-state index is 12.7.